The van der Waals surface area contributed by atoms with Crippen LogP contribution in [0.25, 0.3) is 0 Å². The maximum atomic E-state index is 13.3. The molecule has 3 aliphatic rings. The number of carbonyl (C=O) groups is 3. The Balaban J connectivity index is 1.57. The standard InChI is InChI=1S/C34H43N7O3/c1-19(2)40-33(36)34(16-20(3)39-18-30(42)41-26(17-35)14-25-15-29(25)41)27-10-8-23(31(43)37-4)12-21(27)6-7-22-13-24(32(44)38-5)9-11-28(22)34/h8-13,19-20,25-26,29,39H,6-7,14-16,18H2,1-5H3,(H2,36,40)(H,37,43)(H,38,44)/t20-,25?,26?,29-/m0/s1. The number of hydrogen-bond acceptors (Lipinski definition) is 6. The lowest BCUT2D eigenvalue weighted by Crippen LogP contribution is -2.52. The highest BCUT2D eigenvalue weighted by molar-refractivity contribution is 5.99. The molecule has 0 spiro atoms. The van der Waals surface area contributed by atoms with Gasteiger partial charge in [-0.2, -0.15) is 5.26 Å². The van der Waals surface area contributed by atoms with E-state index in [2.05, 4.69) is 27.3 Å². The molecule has 0 radical (unpaired) electrons. The van der Waals surface area contributed by atoms with E-state index in [1.54, 1.807) is 19.0 Å². The molecule has 2 unspecified atom stereocenters. The van der Waals surface area contributed by atoms with E-state index in [0.29, 0.717) is 42.1 Å². The maximum absolute atomic E-state index is 13.3. The lowest BCUT2D eigenvalue weighted by atomic mass is 9.67. The summed E-state index contributed by atoms with van der Waals surface area (Å²) in [6, 6.07) is 13.3. The quantitative estimate of drug-likeness (QED) is 0.222. The Hall–Kier alpha value is -4.23. The lowest BCUT2D eigenvalue weighted by molar-refractivity contribution is -0.131. The number of amides is 3. The number of aryl methyl sites for hydroxylation is 2. The molecule has 1 aliphatic heterocycles. The van der Waals surface area contributed by atoms with Crippen molar-refractivity contribution in [2.45, 2.75) is 82.5 Å². The Morgan fingerprint density at radius 2 is 1.55 bits per heavy atom. The van der Waals surface area contributed by atoms with Crippen LogP contribution in [0.4, 0.5) is 0 Å². The molecule has 0 bridgehead atoms. The van der Waals surface area contributed by atoms with Crippen molar-refractivity contribution in [3.63, 3.8) is 0 Å². The minimum absolute atomic E-state index is 0.0146. The van der Waals surface area contributed by atoms with E-state index in [4.69, 9.17) is 0 Å². The number of rotatable bonds is 9. The summed E-state index contributed by atoms with van der Waals surface area (Å²) in [5, 5.41) is 31.4. The van der Waals surface area contributed by atoms with Crippen LogP contribution in [0.1, 0.15) is 83.0 Å². The minimum atomic E-state index is -0.951. The van der Waals surface area contributed by atoms with Crippen LogP contribution in [-0.2, 0) is 23.1 Å². The summed E-state index contributed by atoms with van der Waals surface area (Å²) < 4.78 is 0. The molecule has 10 nitrogen and oxygen atoms in total. The van der Waals surface area contributed by atoms with E-state index in [1.165, 1.54) is 0 Å². The molecular formula is C34H43N7O3. The van der Waals surface area contributed by atoms with Gasteiger partial charge in [0.05, 0.1) is 18.0 Å². The Morgan fingerprint density at radius 3 is 2.05 bits per heavy atom. The van der Waals surface area contributed by atoms with Crippen molar-refractivity contribution < 1.29 is 14.4 Å². The normalized spacial score (nSPS) is 21.6. The number of piperidine rings is 1. The van der Waals surface area contributed by atoms with Crippen LogP contribution in [0, 0.1) is 22.7 Å². The van der Waals surface area contributed by atoms with Gasteiger partial charge in [-0.1, -0.05) is 12.1 Å². The van der Waals surface area contributed by atoms with Crippen molar-refractivity contribution in [2.24, 2.45) is 5.92 Å². The highest BCUT2D eigenvalue weighted by Crippen LogP contribution is 2.48. The van der Waals surface area contributed by atoms with E-state index in [0.717, 1.165) is 35.1 Å². The van der Waals surface area contributed by atoms with Gasteiger partial charge in [0, 0.05) is 43.3 Å². The molecule has 1 heterocycles. The summed E-state index contributed by atoms with van der Waals surface area (Å²) in [4.78, 5) is 40.3. The fraction of sp³-hybridized carbons (Fsp3) is 0.500. The van der Waals surface area contributed by atoms with Crippen LogP contribution in [0.2, 0.25) is 0 Å². The maximum Gasteiger partial charge on any atom is 0.251 e. The summed E-state index contributed by atoms with van der Waals surface area (Å²) in [6.45, 7) is 6.12. The predicted octanol–water partition coefficient (Wildman–Crippen LogP) is 2.65. The molecular weight excluding hydrogens is 554 g/mol. The van der Waals surface area contributed by atoms with Gasteiger partial charge in [0.15, 0.2) is 0 Å². The second kappa shape index (κ2) is 12.4. The van der Waals surface area contributed by atoms with Gasteiger partial charge in [-0.15, -0.1) is 0 Å². The van der Waals surface area contributed by atoms with Crippen LogP contribution >= 0.6 is 0 Å². The minimum Gasteiger partial charge on any atom is -0.371 e. The lowest BCUT2D eigenvalue weighted by Gasteiger charge is -2.40. The molecule has 0 aromatic heterocycles. The first-order valence-electron chi connectivity index (χ1n) is 15.5. The Kier molecular flexibility index (Phi) is 8.80. The highest BCUT2D eigenvalue weighted by atomic mass is 16.2. The summed E-state index contributed by atoms with van der Waals surface area (Å²) >= 11 is 0. The molecule has 3 amide bonds. The highest BCUT2D eigenvalue weighted by Gasteiger charge is 2.54. The van der Waals surface area contributed by atoms with Crippen molar-refractivity contribution in [3.8, 4) is 6.07 Å². The molecule has 10 heteroatoms. The van der Waals surface area contributed by atoms with Gasteiger partial charge < -0.3 is 26.2 Å². The molecule has 5 rings (SSSR count). The van der Waals surface area contributed by atoms with Crippen molar-refractivity contribution >= 4 is 23.6 Å². The van der Waals surface area contributed by atoms with Gasteiger partial charge in [-0.25, -0.2) is 0 Å². The largest absolute Gasteiger partial charge is 0.371 e. The summed E-state index contributed by atoms with van der Waals surface area (Å²) in [5.41, 5.74) is 3.95. The Bertz CT molecular complexity index is 1460. The number of fused-ring (bicyclic) bond motifs is 3. The van der Waals surface area contributed by atoms with E-state index in [-0.39, 0.29) is 48.4 Å². The zero-order valence-electron chi connectivity index (χ0n) is 26.2. The van der Waals surface area contributed by atoms with Crippen molar-refractivity contribution in [2.75, 3.05) is 20.6 Å². The number of nitrogens with zero attached hydrogens (tertiary/aromatic N) is 2. The summed E-state index contributed by atoms with van der Waals surface area (Å²) in [7, 11) is 3.21. The van der Waals surface area contributed by atoms with Gasteiger partial charge in [-0.3, -0.25) is 19.8 Å². The molecule has 1 saturated carbocycles. The molecule has 2 aromatic carbocycles. The Morgan fingerprint density at radius 1 is 0.977 bits per heavy atom. The van der Waals surface area contributed by atoms with Crippen LogP contribution in [0.5, 0.6) is 0 Å². The van der Waals surface area contributed by atoms with E-state index >= 15 is 0 Å². The third-order valence-electron chi connectivity index (χ3n) is 9.39. The first-order valence-corrected chi connectivity index (χ1v) is 15.5. The fourth-order valence-corrected chi connectivity index (χ4v) is 7.24. The third-order valence-corrected chi connectivity index (χ3v) is 9.39. The second-order valence-electron chi connectivity index (χ2n) is 12.7. The monoisotopic (exact) mass is 597 g/mol. The average Bonchev–Trinajstić information content (AvgIpc) is 3.71. The van der Waals surface area contributed by atoms with E-state index < -0.39 is 5.41 Å². The van der Waals surface area contributed by atoms with E-state index in [1.807, 2.05) is 57.2 Å². The number of amidine groups is 1. The van der Waals surface area contributed by atoms with Crippen LogP contribution in [0.3, 0.4) is 0 Å². The average molecular weight is 598 g/mol. The van der Waals surface area contributed by atoms with Gasteiger partial charge in [0.1, 0.15) is 11.9 Å². The summed E-state index contributed by atoms with van der Waals surface area (Å²) in [5.74, 6) is 0.348. The second-order valence-corrected chi connectivity index (χ2v) is 12.7. The smallest absolute Gasteiger partial charge is 0.251 e. The number of nitrogens with one attached hydrogen (secondary N) is 5. The molecule has 2 fully saturated rings. The number of likely N-dealkylation sites (tertiary alicyclic amines) is 1. The van der Waals surface area contributed by atoms with Gasteiger partial charge in [0.25, 0.3) is 11.8 Å². The number of carbonyl (C=O) groups excluding carboxylic acids is 3. The molecule has 4 atom stereocenters. The van der Waals surface area contributed by atoms with E-state index in [9.17, 15) is 25.1 Å². The topological polar surface area (TPSA) is 150 Å². The number of nitriles is 1. The van der Waals surface area contributed by atoms with Gasteiger partial charge in [0.2, 0.25) is 5.91 Å². The predicted molar refractivity (Wildman–Crippen MR) is 169 cm³/mol. The SMILES string of the molecule is CNC(=O)c1ccc2c(c1)CCc1cc(C(=O)NC)ccc1C2(C[C@H](C)NCC(=O)N1C(C#N)CC2C[C@@H]21)C(=N)NC(C)C. The first kappa shape index (κ1) is 31.2. The fourth-order valence-electron chi connectivity index (χ4n) is 7.24. The zero-order valence-corrected chi connectivity index (χ0v) is 26.2. The third kappa shape index (κ3) is 5.69. The molecule has 2 aliphatic carbocycles. The number of hydrogen-bond donors (Lipinski definition) is 5. The van der Waals surface area contributed by atoms with Gasteiger partial charge >= 0.3 is 0 Å². The van der Waals surface area contributed by atoms with Crippen molar-refractivity contribution in [1.82, 2.24) is 26.2 Å². The molecule has 1 saturated heterocycles. The van der Waals surface area contributed by atoms with Crippen molar-refractivity contribution in [3.05, 3.63) is 69.8 Å². The van der Waals surface area contributed by atoms with Crippen LogP contribution in [-0.4, -0.2) is 73.3 Å². The molecule has 44 heavy (non-hydrogen) atoms. The van der Waals surface area contributed by atoms with Crippen LogP contribution < -0.4 is 21.3 Å². The number of benzene rings is 2. The molecule has 5 N–H and O–H groups in total. The van der Waals surface area contributed by atoms with Crippen molar-refractivity contribution in [1.29, 1.82) is 10.7 Å². The van der Waals surface area contributed by atoms with Gasteiger partial charge in [-0.05, 0) is 105 Å². The Labute approximate surface area is 259 Å². The molecule has 2 aromatic rings. The molecule has 232 valence electrons. The summed E-state index contributed by atoms with van der Waals surface area (Å²) in [6.07, 6.45) is 3.45. The zero-order chi connectivity index (χ0) is 31.8. The van der Waals surface area contributed by atoms with Crippen LogP contribution in [0.15, 0.2) is 36.4 Å². The first-order chi connectivity index (χ1) is 21.0.